The number of carbonyl (C=O) groups is 1. The molecule has 0 saturated heterocycles. The van der Waals surface area contributed by atoms with Gasteiger partial charge in [0.15, 0.2) is 5.13 Å². The molecule has 0 saturated carbocycles. The third-order valence-electron chi connectivity index (χ3n) is 3.13. The van der Waals surface area contributed by atoms with E-state index in [2.05, 4.69) is 22.5 Å². The number of aromatic nitrogens is 1. The van der Waals surface area contributed by atoms with Crippen LogP contribution >= 0.6 is 11.3 Å². The van der Waals surface area contributed by atoms with Crippen molar-refractivity contribution >= 4 is 22.5 Å². The van der Waals surface area contributed by atoms with Gasteiger partial charge in [-0.2, -0.15) is 0 Å². The maximum absolute atomic E-state index is 11.6. The smallest absolute Gasteiger partial charge is 0.321 e. The number of rotatable bonds is 5. The van der Waals surface area contributed by atoms with E-state index in [0.29, 0.717) is 0 Å². The summed E-state index contributed by atoms with van der Waals surface area (Å²) in [6.07, 6.45) is 8.02. The van der Waals surface area contributed by atoms with E-state index in [4.69, 9.17) is 0 Å². The van der Waals surface area contributed by atoms with E-state index in [1.54, 1.807) is 11.3 Å². The summed E-state index contributed by atoms with van der Waals surface area (Å²) in [6, 6.07) is -0.128. The summed E-state index contributed by atoms with van der Waals surface area (Å²) in [7, 11) is 0. The first-order valence-corrected chi connectivity index (χ1v) is 7.64. The van der Waals surface area contributed by atoms with Crippen molar-refractivity contribution in [1.29, 1.82) is 0 Å². The second-order valence-electron chi connectivity index (χ2n) is 4.68. The van der Waals surface area contributed by atoms with Gasteiger partial charge in [0.2, 0.25) is 0 Å². The van der Waals surface area contributed by atoms with Crippen LogP contribution < -0.4 is 10.6 Å². The van der Waals surface area contributed by atoms with Crippen molar-refractivity contribution in [2.45, 2.75) is 51.9 Å². The van der Waals surface area contributed by atoms with E-state index in [1.807, 2.05) is 0 Å². The summed E-state index contributed by atoms with van der Waals surface area (Å²) in [5.74, 6) is 0. The predicted octanol–water partition coefficient (Wildman–Crippen LogP) is 3.33. The molecule has 5 heteroatoms. The Hall–Kier alpha value is -1.10. The molecule has 0 radical (unpaired) electrons. The number of hydrogen-bond acceptors (Lipinski definition) is 3. The Labute approximate surface area is 112 Å². The molecule has 1 aliphatic carbocycles. The van der Waals surface area contributed by atoms with Gasteiger partial charge in [-0.15, -0.1) is 11.3 Å². The normalized spacial score (nSPS) is 14.1. The Morgan fingerprint density at radius 2 is 2.17 bits per heavy atom. The first-order valence-electron chi connectivity index (χ1n) is 6.83. The fraction of sp³-hybridized carbons (Fsp3) is 0.692. The maximum Gasteiger partial charge on any atom is 0.321 e. The minimum absolute atomic E-state index is 0.128. The van der Waals surface area contributed by atoms with E-state index in [-0.39, 0.29) is 6.03 Å². The molecule has 100 valence electrons. The number of fused-ring (bicyclic) bond motifs is 1. The number of anilines is 1. The van der Waals surface area contributed by atoms with Crippen LogP contribution in [0.5, 0.6) is 0 Å². The van der Waals surface area contributed by atoms with Gasteiger partial charge in [0, 0.05) is 11.4 Å². The van der Waals surface area contributed by atoms with Crippen LogP contribution in [0.2, 0.25) is 0 Å². The largest absolute Gasteiger partial charge is 0.338 e. The molecule has 2 N–H and O–H groups in total. The summed E-state index contributed by atoms with van der Waals surface area (Å²) >= 11 is 1.62. The van der Waals surface area contributed by atoms with E-state index in [1.165, 1.54) is 29.8 Å². The van der Waals surface area contributed by atoms with Crippen LogP contribution in [-0.4, -0.2) is 17.6 Å². The summed E-state index contributed by atoms with van der Waals surface area (Å²) in [4.78, 5) is 17.5. The van der Waals surface area contributed by atoms with Gasteiger partial charge in [-0.05, 0) is 32.1 Å². The number of nitrogens with zero attached hydrogens (tertiary/aromatic N) is 1. The summed E-state index contributed by atoms with van der Waals surface area (Å²) in [5, 5.41) is 6.44. The van der Waals surface area contributed by atoms with Crippen molar-refractivity contribution in [2.24, 2.45) is 0 Å². The first kappa shape index (κ1) is 13.3. The van der Waals surface area contributed by atoms with Crippen LogP contribution in [0.15, 0.2) is 0 Å². The molecular formula is C13H21N3OS. The van der Waals surface area contributed by atoms with Gasteiger partial charge >= 0.3 is 6.03 Å². The van der Waals surface area contributed by atoms with Crippen LogP contribution in [0.25, 0.3) is 0 Å². The van der Waals surface area contributed by atoms with Crippen LogP contribution in [0, 0.1) is 0 Å². The number of thiazole rings is 1. The fourth-order valence-electron chi connectivity index (χ4n) is 2.12. The quantitative estimate of drug-likeness (QED) is 0.804. The first-order chi connectivity index (χ1) is 8.79. The molecule has 2 rings (SSSR count). The number of amides is 2. The highest BCUT2D eigenvalue weighted by atomic mass is 32.1. The van der Waals surface area contributed by atoms with Crippen molar-refractivity contribution in [3.63, 3.8) is 0 Å². The zero-order valence-electron chi connectivity index (χ0n) is 10.9. The lowest BCUT2D eigenvalue weighted by Crippen LogP contribution is -2.29. The highest BCUT2D eigenvalue weighted by Crippen LogP contribution is 2.29. The molecule has 1 aliphatic rings. The second-order valence-corrected chi connectivity index (χ2v) is 5.77. The van der Waals surface area contributed by atoms with Gasteiger partial charge in [-0.1, -0.05) is 19.8 Å². The number of unbranched alkanes of at least 4 members (excludes halogenated alkanes) is 2. The highest BCUT2D eigenvalue weighted by Gasteiger charge is 2.15. The van der Waals surface area contributed by atoms with Crippen molar-refractivity contribution in [3.8, 4) is 0 Å². The molecule has 1 aromatic rings. The number of nitrogens with one attached hydrogen (secondary N) is 2. The van der Waals surface area contributed by atoms with Crippen molar-refractivity contribution < 1.29 is 4.79 Å². The number of carbonyl (C=O) groups excluding carboxylic acids is 1. The molecule has 18 heavy (non-hydrogen) atoms. The summed E-state index contributed by atoms with van der Waals surface area (Å²) < 4.78 is 0. The maximum atomic E-state index is 11.6. The number of aryl methyl sites for hydroxylation is 2. The van der Waals surface area contributed by atoms with E-state index in [9.17, 15) is 4.79 Å². The molecule has 1 heterocycles. The topological polar surface area (TPSA) is 54.0 Å². The zero-order chi connectivity index (χ0) is 12.8. The van der Waals surface area contributed by atoms with Gasteiger partial charge in [-0.3, -0.25) is 5.32 Å². The fourth-order valence-corrected chi connectivity index (χ4v) is 3.17. The minimum atomic E-state index is -0.128. The van der Waals surface area contributed by atoms with E-state index >= 15 is 0 Å². The lowest BCUT2D eigenvalue weighted by Gasteiger charge is -2.06. The van der Waals surface area contributed by atoms with Crippen molar-refractivity contribution in [2.75, 3.05) is 11.9 Å². The molecule has 0 atom stereocenters. The Morgan fingerprint density at radius 1 is 1.33 bits per heavy atom. The average molecular weight is 267 g/mol. The zero-order valence-corrected chi connectivity index (χ0v) is 11.7. The third-order valence-corrected chi connectivity index (χ3v) is 4.20. The molecule has 0 aromatic carbocycles. The Kier molecular flexibility index (Phi) is 4.99. The van der Waals surface area contributed by atoms with Gasteiger partial charge in [-0.25, -0.2) is 9.78 Å². The summed E-state index contributed by atoms with van der Waals surface area (Å²) in [6.45, 7) is 2.89. The van der Waals surface area contributed by atoms with Crippen LogP contribution in [0.3, 0.4) is 0 Å². The lowest BCUT2D eigenvalue weighted by atomic mass is 10.0. The van der Waals surface area contributed by atoms with Crippen molar-refractivity contribution in [3.05, 3.63) is 10.6 Å². The van der Waals surface area contributed by atoms with Crippen LogP contribution in [0.4, 0.5) is 9.93 Å². The van der Waals surface area contributed by atoms with E-state index < -0.39 is 0 Å². The van der Waals surface area contributed by atoms with Gasteiger partial charge in [0.1, 0.15) is 0 Å². The van der Waals surface area contributed by atoms with E-state index in [0.717, 1.165) is 37.4 Å². The van der Waals surface area contributed by atoms with Crippen LogP contribution in [-0.2, 0) is 12.8 Å². The Morgan fingerprint density at radius 3 is 2.94 bits per heavy atom. The highest BCUT2D eigenvalue weighted by molar-refractivity contribution is 7.15. The third kappa shape index (κ3) is 3.70. The van der Waals surface area contributed by atoms with Gasteiger partial charge in [0.25, 0.3) is 0 Å². The standard InChI is InChI=1S/C13H21N3OS/c1-2-3-6-9-14-12(17)16-13-15-10-7-4-5-8-11(10)18-13/h2-9H2,1H3,(H2,14,15,16,17). The summed E-state index contributed by atoms with van der Waals surface area (Å²) in [5.41, 5.74) is 1.19. The Bertz CT molecular complexity index is 379. The molecule has 0 bridgehead atoms. The van der Waals surface area contributed by atoms with Crippen molar-refractivity contribution in [1.82, 2.24) is 10.3 Å². The monoisotopic (exact) mass is 267 g/mol. The molecule has 0 fully saturated rings. The van der Waals surface area contributed by atoms with Crippen LogP contribution in [0.1, 0.15) is 49.6 Å². The second kappa shape index (κ2) is 6.73. The predicted molar refractivity (Wildman–Crippen MR) is 75.3 cm³/mol. The lowest BCUT2D eigenvalue weighted by molar-refractivity contribution is 0.252. The van der Waals surface area contributed by atoms with Gasteiger partial charge in [0.05, 0.1) is 5.69 Å². The average Bonchev–Trinajstić information content (AvgIpc) is 2.76. The molecule has 0 aliphatic heterocycles. The SMILES string of the molecule is CCCCCNC(=O)Nc1nc2c(s1)CCCC2. The van der Waals surface area contributed by atoms with Gasteiger partial charge < -0.3 is 5.32 Å². The molecule has 2 amide bonds. The molecular weight excluding hydrogens is 246 g/mol. The number of urea groups is 1. The molecule has 0 spiro atoms. The minimum Gasteiger partial charge on any atom is -0.338 e. The molecule has 1 aromatic heterocycles. The molecule has 4 nitrogen and oxygen atoms in total. The molecule has 0 unspecified atom stereocenters. The number of hydrogen-bond donors (Lipinski definition) is 2. The Balaban J connectivity index is 1.78.